The fraction of sp³-hybridized carbons (Fsp3) is 0.800. The predicted octanol–water partition coefficient (Wildman–Crippen LogP) is 0.510. The molecule has 4 heteroatoms. The Hall–Kier alpha value is -1.06. The minimum absolute atomic E-state index is 0.151. The molecule has 0 bridgehead atoms. The third-order valence-electron chi connectivity index (χ3n) is 2.86. The van der Waals surface area contributed by atoms with E-state index in [1.165, 1.54) is 0 Å². The van der Waals surface area contributed by atoms with Gasteiger partial charge in [0.05, 0.1) is 0 Å². The number of likely N-dealkylation sites (tertiary alicyclic amines) is 1. The van der Waals surface area contributed by atoms with Crippen LogP contribution in [0.5, 0.6) is 0 Å². The van der Waals surface area contributed by atoms with Gasteiger partial charge >= 0.3 is 0 Å². The van der Waals surface area contributed by atoms with Gasteiger partial charge in [-0.2, -0.15) is 0 Å². The van der Waals surface area contributed by atoms with Gasteiger partial charge in [-0.15, -0.1) is 0 Å². The molecule has 1 aliphatic rings. The van der Waals surface area contributed by atoms with E-state index in [1.54, 1.807) is 6.92 Å². The van der Waals surface area contributed by atoms with Gasteiger partial charge < -0.3 is 10.6 Å². The maximum Gasteiger partial charge on any atom is 0.219 e. The molecule has 1 heterocycles. The lowest BCUT2D eigenvalue weighted by atomic mass is 9.92. The SMILES string of the molecule is CC(=O)N1CCC(CCC(N)=O)CC1. The Morgan fingerprint density at radius 1 is 1.36 bits per heavy atom. The molecule has 14 heavy (non-hydrogen) atoms. The highest BCUT2D eigenvalue weighted by atomic mass is 16.2. The highest BCUT2D eigenvalue weighted by Gasteiger charge is 2.20. The Labute approximate surface area is 84.4 Å². The first-order valence-electron chi connectivity index (χ1n) is 5.13. The van der Waals surface area contributed by atoms with Gasteiger partial charge in [-0.1, -0.05) is 0 Å². The molecule has 4 nitrogen and oxygen atoms in total. The van der Waals surface area contributed by atoms with E-state index in [2.05, 4.69) is 0 Å². The third kappa shape index (κ3) is 3.36. The first-order valence-corrected chi connectivity index (χ1v) is 5.13. The molecule has 0 unspecified atom stereocenters. The number of nitrogens with zero attached hydrogens (tertiary/aromatic N) is 1. The lowest BCUT2D eigenvalue weighted by molar-refractivity contribution is -0.130. The lowest BCUT2D eigenvalue weighted by Crippen LogP contribution is -2.37. The molecule has 0 saturated carbocycles. The summed E-state index contributed by atoms with van der Waals surface area (Å²) in [4.78, 5) is 23.5. The number of hydrogen-bond donors (Lipinski definition) is 1. The van der Waals surface area contributed by atoms with Crippen LogP contribution in [0.1, 0.15) is 32.6 Å². The predicted molar refractivity (Wildman–Crippen MR) is 53.4 cm³/mol. The number of amides is 2. The van der Waals surface area contributed by atoms with Crippen LogP contribution in [-0.4, -0.2) is 29.8 Å². The number of piperidine rings is 1. The maximum atomic E-state index is 11.0. The zero-order valence-electron chi connectivity index (χ0n) is 8.66. The van der Waals surface area contributed by atoms with Crippen molar-refractivity contribution in [3.8, 4) is 0 Å². The van der Waals surface area contributed by atoms with Crippen molar-refractivity contribution >= 4 is 11.8 Å². The van der Waals surface area contributed by atoms with Crippen LogP contribution in [0.3, 0.4) is 0 Å². The minimum atomic E-state index is -0.223. The van der Waals surface area contributed by atoms with Crippen molar-refractivity contribution in [2.24, 2.45) is 11.7 Å². The molecule has 1 saturated heterocycles. The van der Waals surface area contributed by atoms with Gasteiger partial charge in [0.15, 0.2) is 0 Å². The smallest absolute Gasteiger partial charge is 0.219 e. The fourth-order valence-electron chi connectivity index (χ4n) is 1.88. The molecular weight excluding hydrogens is 180 g/mol. The maximum absolute atomic E-state index is 11.0. The topological polar surface area (TPSA) is 63.4 Å². The van der Waals surface area contributed by atoms with Crippen LogP contribution in [-0.2, 0) is 9.59 Å². The highest BCUT2D eigenvalue weighted by molar-refractivity contribution is 5.74. The second kappa shape index (κ2) is 4.98. The van der Waals surface area contributed by atoms with E-state index in [-0.39, 0.29) is 11.8 Å². The molecule has 0 atom stereocenters. The van der Waals surface area contributed by atoms with E-state index in [4.69, 9.17) is 5.73 Å². The van der Waals surface area contributed by atoms with Crippen molar-refractivity contribution < 1.29 is 9.59 Å². The van der Waals surface area contributed by atoms with Crippen LogP contribution >= 0.6 is 0 Å². The number of carbonyl (C=O) groups excluding carboxylic acids is 2. The zero-order chi connectivity index (χ0) is 10.6. The van der Waals surface area contributed by atoms with Crippen LogP contribution in [0.4, 0.5) is 0 Å². The summed E-state index contributed by atoms with van der Waals surface area (Å²) in [5.74, 6) is 0.496. The lowest BCUT2D eigenvalue weighted by Gasteiger charge is -2.31. The summed E-state index contributed by atoms with van der Waals surface area (Å²) in [6.45, 7) is 3.27. The quantitative estimate of drug-likeness (QED) is 0.718. The molecule has 0 aromatic heterocycles. The van der Waals surface area contributed by atoms with Gasteiger partial charge in [-0.3, -0.25) is 9.59 Å². The standard InChI is InChI=1S/C10H18N2O2/c1-8(13)12-6-4-9(5-7-12)2-3-10(11)14/h9H,2-7H2,1H3,(H2,11,14). The molecule has 2 amide bonds. The fourth-order valence-corrected chi connectivity index (χ4v) is 1.88. The van der Waals surface area contributed by atoms with Gasteiger partial charge in [-0.25, -0.2) is 0 Å². The number of nitrogens with two attached hydrogens (primary N) is 1. The average molecular weight is 198 g/mol. The third-order valence-corrected chi connectivity index (χ3v) is 2.86. The monoisotopic (exact) mass is 198 g/mol. The summed E-state index contributed by atoms with van der Waals surface area (Å²) in [7, 11) is 0. The van der Waals surface area contributed by atoms with Gasteiger partial charge in [0.1, 0.15) is 0 Å². The number of rotatable bonds is 3. The molecule has 2 N–H and O–H groups in total. The van der Waals surface area contributed by atoms with Crippen molar-refractivity contribution in [1.82, 2.24) is 4.90 Å². The first-order chi connectivity index (χ1) is 6.59. The van der Waals surface area contributed by atoms with Crippen LogP contribution < -0.4 is 5.73 Å². The largest absolute Gasteiger partial charge is 0.370 e. The normalized spacial score (nSPS) is 18.2. The van der Waals surface area contributed by atoms with E-state index in [9.17, 15) is 9.59 Å². The Bertz CT molecular complexity index is 220. The van der Waals surface area contributed by atoms with Crippen LogP contribution in [0.2, 0.25) is 0 Å². The van der Waals surface area contributed by atoms with Crippen molar-refractivity contribution in [3.63, 3.8) is 0 Å². The molecule has 0 spiro atoms. The first kappa shape index (κ1) is 11.0. The van der Waals surface area contributed by atoms with E-state index in [1.807, 2.05) is 4.90 Å². The van der Waals surface area contributed by atoms with Gasteiger partial charge in [0.25, 0.3) is 0 Å². The number of carbonyl (C=O) groups is 2. The van der Waals surface area contributed by atoms with Crippen molar-refractivity contribution in [3.05, 3.63) is 0 Å². The Balaban J connectivity index is 2.22. The summed E-state index contributed by atoms with van der Waals surface area (Å²) < 4.78 is 0. The van der Waals surface area contributed by atoms with Crippen LogP contribution in [0.25, 0.3) is 0 Å². The minimum Gasteiger partial charge on any atom is -0.370 e. The zero-order valence-corrected chi connectivity index (χ0v) is 8.66. The molecule has 80 valence electrons. The second-order valence-electron chi connectivity index (χ2n) is 3.95. The van der Waals surface area contributed by atoms with E-state index in [0.717, 1.165) is 32.4 Å². The molecular formula is C10H18N2O2. The van der Waals surface area contributed by atoms with E-state index >= 15 is 0 Å². The summed E-state index contributed by atoms with van der Waals surface area (Å²) in [5.41, 5.74) is 5.08. The van der Waals surface area contributed by atoms with Crippen molar-refractivity contribution in [2.45, 2.75) is 32.6 Å². The summed E-state index contributed by atoms with van der Waals surface area (Å²) in [5, 5.41) is 0. The molecule has 0 aliphatic carbocycles. The summed E-state index contributed by atoms with van der Waals surface area (Å²) in [6.07, 6.45) is 3.37. The molecule has 1 rings (SSSR count). The second-order valence-corrected chi connectivity index (χ2v) is 3.95. The highest BCUT2D eigenvalue weighted by Crippen LogP contribution is 2.21. The Kier molecular flexibility index (Phi) is 3.92. The summed E-state index contributed by atoms with van der Waals surface area (Å²) in [6, 6.07) is 0. The average Bonchev–Trinajstić information content (AvgIpc) is 2.15. The number of hydrogen-bond acceptors (Lipinski definition) is 2. The number of primary amides is 1. The van der Waals surface area contributed by atoms with Crippen molar-refractivity contribution in [1.29, 1.82) is 0 Å². The van der Waals surface area contributed by atoms with E-state index < -0.39 is 0 Å². The van der Waals surface area contributed by atoms with Crippen LogP contribution in [0, 0.1) is 5.92 Å². The van der Waals surface area contributed by atoms with Gasteiger partial charge in [0, 0.05) is 26.4 Å². The van der Waals surface area contributed by atoms with Crippen molar-refractivity contribution in [2.75, 3.05) is 13.1 Å². The van der Waals surface area contributed by atoms with E-state index in [0.29, 0.717) is 12.3 Å². The molecule has 1 fully saturated rings. The Morgan fingerprint density at radius 3 is 2.36 bits per heavy atom. The molecule has 0 aromatic rings. The molecule has 0 aromatic carbocycles. The molecule has 0 radical (unpaired) electrons. The summed E-state index contributed by atoms with van der Waals surface area (Å²) >= 11 is 0. The van der Waals surface area contributed by atoms with Gasteiger partial charge in [-0.05, 0) is 25.2 Å². The van der Waals surface area contributed by atoms with Gasteiger partial charge in [0.2, 0.25) is 11.8 Å². The molecule has 1 aliphatic heterocycles. The Morgan fingerprint density at radius 2 is 1.93 bits per heavy atom. The van der Waals surface area contributed by atoms with Crippen LogP contribution in [0.15, 0.2) is 0 Å².